The Morgan fingerprint density at radius 1 is 1.07 bits per heavy atom. The Hall–Kier alpha value is -1.44. The topological polar surface area (TPSA) is 60.9 Å². The maximum Gasteiger partial charge on any atom is 0.243 e. The Labute approximate surface area is 163 Å². The summed E-state index contributed by atoms with van der Waals surface area (Å²) in [6, 6.07) is 5.85. The minimum absolute atomic E-state index is 0.174. The summed E-state index contributed by atoms with van der Waals surface area (Å²) in [5.74, 6) is 0.174. The van der Waals surface area contributed by atoms with Crippen LogP contribution in [-0.4, -0.2) is 73.7 Å². The zero-order valence-corrected chi connectivity index (χ0v) is 17.5. The third-order valence-electron chi connectivity index (χ3n) is 5.77. The fraction of sp³-hybridized carbons (Fsp3) is 0.650. The largest absolute Gasteiger partial charge is 0.339 e. The van der Waals surface area contributed by atoms with E-state index in [4.69, 9.17) is 0 Å². The van der Waals surface area contributed by atoms with Gasteiger partial charge in [-0.15, -0.1) is 0 Å². The first kappa shape index (κ1) is 20.3. The number of benzene rings is 1. The van der Waals surface area contributed by atoms with Crippen molar-refractivity contribution in [2.45, 2.75) is 51.0 Å². The van der Waals surface area contributed by atoms with Crippen LogP contribution in [0, 0.1) is 13.8 Å². The van der Waals surface area contributed by atoms with Crippen LogP contribution in [-0.2, 0) is 14.8 Å². The van der Waals surface area contributed by atoms with E-state index >= 15 is 0 Å². The van der Waals surface area contributed by atoms with Crippen molar-refractivity contribution in [3.05, 3.63) is 29.3 Å². The van der Waals surface area contributed by atoms with Crippen molar-refractivity contribution in [2.24, 2.45) is 0 Å². The summed E-state index contributed by atoms with van der Waals surface area (Å²) in [6.45, 7) is 9.15. The van der Waals surface area contributed by atoms with Crippen molar-refractivity contribution >= 4 is 15.9 Å². The molecule has 0 N–H and O–H groups in total. The monoisotopic (exact) mass is 393 g/mol. The van der Waals surface area contributed by atoms with Gasteiger partial charge in [0.2, 0.25) is 15.9 Å². The lowest BCUT2D eigenvalue weighted by Gasteiger charge is -2.37. The molecule has 6 nitrogen and oxygen atoms in total. The van der Waals surface area contributed by atoms with Gasteiger partial charge in [-0.05, 0) is 57.2 Å². The van der Waals surface area contributed by atoms with Gasteiger partial charge in [0.05, 0.1) is 11.4 Å². The van der Waals surface area contributed by atoms with Crippen LogP contribution >= 0.6 is 0 Å². The second-order valence-corrected chi connectivity index (χ2v) is 9.79. The van der Waals surface area contributed by atoms with Crippen LogP contribution in [0.2, 0.25) is 0 Å². The first-order chi connectivity index (χ1) is 12.8. The molecule has 2 fully saturated rings. The molecule has 3 rings (SSSR count). The van der Waals surface area contributed by atoms with Crippen molar-refractivity contribution in [1.82, 2.24) is 14.1 Å². The highest BCUT2D eigenvalue weighted by Gasteiger charge is 2.31. The molecule has 0 aromatic heterocycles. The second kappa shape index (κ2) is 8.29. The molecule has 2 aliphatic heterocycles. The number of nitrogens with zero attached hydrogens (tertiary/aromatic N) is 3. The van der Waals surface area contributed by atoms with Crippen LogP contribution in [0.25, 0.3) is 0 Å². The highest BCUT2D eigenvalue weighted by atomic mass is 32.2. The molecule has 0 aliphatic carbocycles. The fourth-order valence-corrected chi connectivity index (χ4v) is 5.73. The minimum Gasteiger partial charge on any atom is -0.339 e. The summed E-state index contributed by atoms with van der Waals surface area (Å²) in [7, 11) is -3.49. The van der Waals surface area contributed by atoms with Gasteiger partial charge < -0.3 is 4.90 Å². The van der Waals surface area contributed by atoms with E-state index in [-0.39, 0.29) is 5.91 Å². The molecular formula is C20H31N3O3S. The number of piperazine rings is 1. The van der Waals surface area contributed by atoms with Crippen LogP contribution in [0.1, 0.15) is 37.3 Å². The molecular weight excluding hydrogens is 362 g/mol. The number of piperidine rings is 1. The van der Waals surface area contributed by atoms with Crippen LogP contribution in [0.5, 0.6) is 0 Å². The minimum atomic E-state index is -3.49. The number of carbonyl (C=O) groups excluding carboxylic acids is 1. The number of hydrogen-bond donors (Lipinski definition) is 0. The van der Waals surface area contributed by atoms with E-state index in [2.05, 4.69) is 11.8 Å². The summed E-state index contributed by atoms with van der Waals surface area (Å²) >= 11 is 0. The molecule has 150 valence electrons. The predicted octanol–water partition coefficient (Wildman–Crippen LogP) is 2.01. The fourth-order valence-electron chi connectivity index (χ4n) is 4.00. The zero-order valence-electron chi connectivity index (χ0n) is 16.6. The van der Waals surface area contributed by atoms with Gasteiger partial charge in [-0.2, -0.15) is 4.31 Å². The van der Waals surface area contributed by atoms with Crippen LogP contribution < -0.4 is 0 Å². The molecule has 0 saturated carbocycles. The molecule has 0 spiro atoms. The van der Waals surface area contributed by atoms with E-state index in [0.717, 1.165) is 30.5 Å². The molecule has 1 aromatic carbocycles. The lowest BCUT2D eigenvalue weighted by atomic mass is 10.0. The van der Waals surface area contributed by atoms with Crippen molar-refractivity contribution in [2.75, 3.05) is 39.3 Å². The van der Waals surface area contributed by atoms with Crippen LogP contribution in [0.4, 0.5) is 0 Å². The van der Waals surface area contributed by atoms with Gasteiger partial charge in [0.25, 0.3) is 0 Å². The molecule has 1 aromatic rings. The van der Waals surface area contributed by atoms with Gasteiger partial charge >= 0.3 is 0 Å². The van der Waals surface area contributed by atoms with Gasteiger partial charge in [-0.25, -0.2) is 8.42 Å². The van der Waals surface area contributed by atoms with Gasteiger partial charge in [-0.3, -0.25) is 9.69 Å². The summed E-state index contributed by atoms with van der Waals surface area (Å²) in [6.07, 6.45) is 3.35. The Morgan fingerprint density at radius 3 is 2.44 bits per heavy atom. The third kappa shape index (κ3) is 4.52. The van der Waals surface area contributed by atoms with E-state index in [9.17, 15) is 13.2 Å². The first-order valence-corrected chi connectivity index (χ1v) is 11.3. The van der Waals surface area contributed by atoms with Crippen molar-refractivity contribution in [1.29, 1.82) is 0 Å². The number of carbonyl (C=O) groups is 1. The van der Waals surface area contributed by atoms with Crippen molar-refractivity contribution in [3.63, 3.8) is 0 Å². The Balaban J connectivity index is 1.60. The zero-order chi connectivity index (χ0) is 19.6. The summed E-state index contributed by atoms with van der Waals surface area (Å²) in [5, 5.41) is 0. The molecule has 1 amide bonds. The van der Waals surface area contributed by atoms with Crippen molar-refractivity contribution < 1.29 is 13.2 Å². The molecule has 2 saturated heterocycles. The van der Waals surface area contributed by atoms with E-state index < -0.39 is 10.0 Å². The van der Waals surface area contributed by atoms with E-state index in [1.807, 2.05) is 30.9 Å². The van der Waals surface area contributed by atoms with Crippen LogP contribution in [0.3, 0.4) is 0 Å². The SMILES string of the molecule is Cc1ccc(C)c(S(=O)(=O)N2CCN(CC(=O)N3CCCCC3C)CC2)c1. The molecule has 7 heteroatoms. The van der Waals surface area contributed by atoms with Crippen LogP contribution in [0.15, 0.2) is 23.1 Å². The quantitative estimate of drug-likeness (QED) is 0.785. The Bertz CT molecular complexity index is 786. The van der Waals surface area contributed by atoms with Gasteiger partial charge in [0.15, 0.2) is 0 Å². The molecule has 2 aliphatic rings. The predicted molar refractivity (Wildman–Crippen MR) is 106 cm³/mol. The van der Waals surface area contributed by atoms with E-state index in [1.54, 1.807) is 10.4 Å². The van der Waals surface area contributed by atoms with E-state index in [0.29, 0.717) is 43.7 Å². The van der Waals surface area contributed by atoms with Gasteiger partial charge in [0.1, 0.15) is 0 Å². The molecule has 1 unspecified atom stereocenters. The summed E-state index contributed by atoms with van der Waals surface area (Å²) < 4.78 is 27.6. The maximum atomic E-state index is 13.0. The standard InChI is InChI=1S/C20H31N3O3S/c1-16-7-8-17(2)19(14-16)27(25,26)22-12-10-21(11-13-22)15-20(24)23-9-5-4-6-18(23)3/h7-8,14,18H,4-6,9-13,15H2,1-3H3. The molecule has 27 heavy (non-hydrogen) atoms. The number of rotatable bonds is 4. The Morgan fingerprint density at radius 2 is 1.78 bits per heavy atom. The smallest absolute Gasteiger partial charge is 0.243 e. The van der Waals surface area contributed by atoms with E-state index in [1.165, 1.54) is 6.42 Å². The second-order valence-electron chi connectivity index (χ2n) is 7.88. The summed E-state index contributed by atoms with van der Waals surface area (Å²) in [4.78, 5) is 17.1. The Kier molecular flexibility index (Phi) is 6.23. The summed E-state index contributed by atoms with van der Waals surface area (Å²) in [5.41, 5.74) is 1.72. The highest BCUT2D eigenvalue weighted by molar-refractivity contribution is 7.89. The highest BCUT2D eigenvalue weighted by Crippen LogP contribution is 2.23. The lowest BCUT2D eigenvalue weighted by molar-refractivity contribution is -0.135. The number of hydrogen-bond acceptors (Lipinski definition) is 4. The first-order valence-electron chi connectivity index (χ1n) is 9.88. The molecule has 1 atom stereocenters. The average Bonchev–Trinajstić information content (AvgIpc) is 2.64. The molecule has 2 heterocycles. The molecule has 0 radical (unpaired) electrons. The number of sulfonamides is 1. The number of likely N-dealkylation sites (tertiary alicyclic amines) is 1. The van der Waals surface area contributed by atoms with Gasteiger partial charge in [0, 0.05) is 38.8 Å². The maximum absolute atomic E-state index is 13.0. The van der Waals surface area contributed by atoms with Crippen molar-refractivity contribution in [3.8, 4) is 0 Å². The normalized spacial score (nSPS) is 22.8. The number of aryl methyl sites for hydroxylation is 2. The van der Waals surface area contributed by atoms with Gasteiger partial charge in [-0.1, -0.05) is 12.1 Å². The average molecular weight is 394 g/mol. The number of amides is 1. The lowest BCUT2D eigenvalue weighted by Crippen LogP contribution is -2.53. The third-order valence-corrected chi connectivity index (χ3v) is 7.82. The molecule has 0 bridgehead atoms.